The van der Waals surface area contributed by atoms with E-state index in [0.29, 0.717) is 24.9 Å². The van der Waals surface area contributed by atoms with Crippen LogP contribution in [0.3, 0.4) is 0 Å². The van der Waals surface area contributed by atoms with Crippen molar-refractivity contribution in [2.45, 2.75) is 103 Å². The summed E-state index contributed by atoms with van der Waals surface area (Å²) in [6.45, 7) is 3.68. The highest BCUT2D eigenvalue weighted by Gasteiger charge is 2.35. The molecule has 13 heteroatoms. The number of aliphatic carboxylic acids is 3. The molecule has 0 aromatic heterocycles. The van der Waals surface area contributed by atoms with E-state index >= 15 is 0 Å². The smallest absolute Gasteiger partial charge is 0.307 e. The third-order valence-corrected chi connectivity index (χ3v) is 8.81. The number of ketones is 4. The van der Waals surface area contributed by atoms with Crippen LogP contribution in [0.5, 0.6) is 5.75 Å². The first-order valence-electron chi connectivity index (χ1n) is 16.5. The maximum atomic E-state index is 13.6. The van der Waals surface area contributed by atoms with Gasteiger partial charge in [0, 0.05) is 56.3 Å². The number of hydrogen-bond acceptors (Lipinski definition) is 10. The molecule has 1 rings (SSSR count). The highest BCUT2D eigenvalue weighted by molar-refractivity contribution is 5.95. The van der Waals surface area contributed by atoms with Gasteiger partial charge in [0.05, 0.1) is 17.9 Å². The van der Waals surface area contributed by atoms with Gasteiger partial charge in [-0.05, 0) is 69.7 Å². The standard InChI is InChI=1S/C35H51NO12/c1-3-23(6-4-5-15-36)31(41)20-28(21(2)37)32(42)18-25(10-14-34(45)46)29(39)17-24(9-13-33(43)44)30(40)19-26(35(47)48)16-22-7-11-27(38)12-8-22/h7-8,11-12,21,23-26,28,37-38H,3-6,9-10,13-20,36H2,1-2H3,(H,43,44)(H,45,46)(H,47,48). The molecule has 0 aliphatic carbocycles. The summed E-state index contributed by atoms with van der Waals surface area (Å²) in [5.41, 5.74) is 6.08. The molecule has 0 saturated carbocycles. The van der Waals surface area contributed by atoms with Gasteiger partial charge >= 0.3 is 17.9 Å². The van der Waals surface area contributed by atoms with Gasteiger partial charge in [-0.15, -0.1) is 0 Å². The molecule has 0 saturated heterocycles. The predicted octanol–water partition coefficient (Wildman–Crippen LogP) is 3.59. The van der Waals surface area contributed by atoms with E-state index in [1.165, 1.54) is 31.2 Å². The van der Waals surface area contributed by atoms with E-state index < -0.39 is 97.1 Å². The largest absolute Gasteiger partial charge is 0.508 e. The molecule has 268 valence electrons. The monoisotopic (exact) mass is 677 g/mol. The van der Waals surface area contributed by atoms with Crippen LogP contribution in [-0.4, -0.2) is 79.2 Å². The molecule has 0 bridgehead atoms. The van der Waals surface area contributed by atoms with Crippen LogP contribution in [0.4, 0.5) is 0 Å². The molecule has 0 fully saturated rings. The number of hydrogen-bond donors (Lipinski definition) is 6. The Labute approximate surface area is 280 Å². The maximum Gasteiger partial charge on any atom is 0.307 e. The van der Waals surface area contributed by atoms with Crippen molar-refractivity contribution in [3.05, 3.63) is 29.8 Å². The van der Waals surface area contributed by atoms with Crippen LogP contribution in [0.25, 0.3) is 0 Å². The Morgan fingerprint density at radius 1 is 0.667 bits per heavy atom. The number of carbonyl (C=O) groups is 7. The molecular formula is C35H51NO12. The molecule has 0 aliphatic rings. The Kier molecular flexibility index (Phi) is 19.1. The number of aliphatic hydroxyl groups excluding tert-OH is 1. The highest BCUT2D eigenvalue weighted by Crippen LogP contribution is 2.28. The number of phenols is 1. The van der Waals surface area contributed by atoms with E-state index in [9.17, 15) is 59.1 Å². The fourth-order valence-electron chi connectivity index (χ4n) is 5.79. The van der Waals surface area contributed by atoms with E-state index in [1.807, 2.05) is 6.92 Å². The minimum absolute atomic E-state index is 0.0280. The summed E-state index contributed by atoms with van der Waals surface area (Å²) in [5.74, 6) is -11.0. The minimum Gasteiger partial charge on any atom is -0.508 e. The Morgan fingerprint density at radius 2 is 1.15 bits per heavy atom. The number of phenolic OH excluding ortho intramolecular Hbond substituents is 1. The normalized spacial score (nSPS) is 15.0. The molecule has 0 heterocycles. The summed E-state index contributed by atoms with van der Waals surface area (Å²) >= 11 is 0. The molecule has 0 spiro atoms. The second-order valence-corrected chi connectivity index (χ2v) is 12.6. The van der Waals surface area contributed by atoms with Crippen molar-refractivity contribution in [1.29, 1.82) is 0 Å². The molecule has 6 unspecified atom stereocenters. The number of aromatic hydroxyl groups is 1. The lowest BCUT2D eigenvalue weighted by Crippen LogP contribution is -2.34. The molecule has 48 heavy (non-hydrogen) atoms. The zero-order valence-electron chi connectivity index (χ0n) is 27.8. The number of aliphatic hydroxyl groups is 1. The number of rotatable bonds is 27. The van der Waals surface area contributed by atoms with Crippen molar-refractivity contribution in [3.63, 3.8) is 0 Å². The molecule has 7 N–H and O–H groups in total. The molecule has 0 radical (unpaired) electrons. The SMILES string of the molecule is CCC(CCCCN)C(=O)CC(C(=O)CC(CCC(=O)O)C(=O)CC(CCC(=O)O)C(=O)CC(Cc1ccc(O)cc1)C(=O)O)C(C)O. The van der Waals surface area contributed by atoms with Gasteiger partial charge in [0.1, 0.15) is 28.9 Å². The van der Waals surface area contributed by atoms with Crippen LogP contribution in [0.15, 0.2) is 24.3 Å². The first-order chi connectivity index (χ1) is 22.6. The molecule has 13 nitrogen and oxygen atoms in total. The number of nitrogens with two attached hydrogens (primary N) is 1. The van der Waals surface area contributed by atoms with Gasteiger partial charge in [0.15, 0.2) is 0 Å². The minimum atomic E-state index is -1.28. The Bertz CT molecular complexity index is 1240. The lowest BCUT2D eigenvalue weighted by molar-refractivity contribution is -0.145. The zero-order valence-corrected chi connectivity index (χ0v) is 27.8. The number of unbranched alkanes of at least 4 members (excludes halogenated alkanes) is 1. The summed E-state index contributed by atoms with van der Waals surface area (Å²) in [4.78, 5) is 88.2. The zero-order chi connectivity index (χ0) is 36.4. The van der Waals surface area contributed by atoms with Crippen molar-refractivity contribution in [3.8, 4) is 5.75 Å². The Hall–Kier alpha value is -3.97. The summed E-state index contributed by atoms with van der Waals surface area (Å²) in [5, 5.41) is 48.3. The topological polar surface area (TPSA) is 247 Å². The van der Waals surface area contributed by atoms with E-state index in [0.717, 1.165) is 12.8 Å². The van der Waals surface area contributed by atoms with Crippen molar-refractivity contribution >= 4 is 41.0 Å². The number of benzene rings is 1. The van der Waals surface area contributed by atoms with Gasteiger partial charge in [-0.25, -0.2) is 0 Å². The lowest BCUT2D eigenvalue weighted by Gasteiger charge is -2.24. The number of carboxylic acid groups (broad SMARTS) is 3. The van der Waals surface area contributed by atoms with Crippen LogP contribution in [-0.2, 0) is 40.0 Å². The van der Waals surface area contributed by atoms with Gasteiger partial charge in [-0.3, -0.25) is 33.6 Å². The quantitative estimate of drug-likeness (QED) is 0.0730. The summed E-state index contributed by atoms with van der Waals surface area (Å²) in [6.07, 6.45) is -2.03. The summed E-state index contributed by atoms with van der Waals surface area (Å²) in [6, 6.07) is 5.74. The van der Waals surface area contributed by atoms with E-state index in [4.69, 9.17) is 5.73 Å². The summed E-state index contributed by atoms with van der Waals surface area (Å²) in [7, 11) is 0. The first-order valence-corrected chi connectivity index (χ1v) is 16.5. The van der Waals surface area contributed by atoms with Gasteiger partial charge in [-0.2, -0.15) is 0 Å². The van der Waals surface area contributed by atoms with Crippen LogP contribution >= 0.6 is 0 Å². The Balaban J connectivity index is 3.19. The van der Waals surface area contributed by atoms with Crippen molar-refractivity contribution in [1.82, 2.24) is 0 Å². The average Bonchev–Trinajstić information content (AvgIpc) is 3.01. The molecule has 6 atom stereocenters. The van der Waals surface area contributed by atoms with Gasteiger partial charge in [0.2, 0.25) is 0 Å². The van der Waals surface area contributed by atoms with Crippen LogP contribution in [0, 0.1) is 29.6 Å². The molecule has 1 aromatic rings. The average molecular weight is 678 g/mol. The molecule has 1 aromatic carbocycles. The van der Waals surface area contributed by atoms with Crippen molar-refractivity contribution in [2.24, 2.45) is 35.3 Å². The van der Waals surface area contributed by atoms with Gasteiger partial charge < -0.3 is 31.3 Å². The van der Waals surface area contributed by atoms with Crippen LogP contribution in [0.2, 0.25) is 0 Å². The summed E-state index contributed by atoms with van der Waals surface area (Å²) < 4.78 is 0. The second-order valence-electron chi connectivity index (χ2n) is 12.6. The van der Waals surface area contributed by atoms with Crippen LogP contribution in [0.1, 0.15) is 96.5 Å². The fraction of sp³-hybridized carbons (Fsp3) is 0.629. The number of carbonyl (C=O) groups excluding carboxylic acids is 4. The van der Waals surface area contributed by atoms with E-state index in [2.05, 4.69) is 0 Å². The third kappa shape index (κ3) is 15.7. The highest BCUT2D eigenvalue weighted by atomic mass is 16.4. The number of Topliss-reactive ketones (excluding diaryl/α,β-unsaturated/α-hetero) is 4. The molecule has 0 aliphatic heterocycles. The molecular weight excluding hydrogens is 626 g/mol. The Morgan fingerprint density at radius 3 is 1.58 bits per heavy atom. The second kappa shape index (κ2) is 21.8. The van der Waals surface area contributed by atoms with Gasteiger partial charge in [0.25, 0.3) is 0 Å². The van der Waals surface area contributed by atoms with E-state index in [1.54, 1.807) is 0 Å². The maximum absolute atomic E-state index is 13.6. The fourth-order valence-corrected chi connectivity index (χ4v) is 5.79. The third-order valence-electron chi connectivity index (χ3n) is 8.81. The lowest BCUT2D eigenvalue weighted by atomic mass is 9.79. The number of carboxylic acids is 3. The molecule has 0 amide bonds. The van der Waals surface area contributed by atoms with Gasteiger partial charge in [-0.1, -0.05) is 25.5 Å². The predicted molar refractivity (Wildman–Crippen MR) is 174 cm³/mol. The van der Waals surface area contributed by atoms with E-state index in [-0.39, 0.29) is 43.1 Å². The van der Waals surface area contributed by atoms with Crippen molar-refractivity contribution in [2.75, 3.05) is 6.54 Å². The first kappa shape index (κ1) is 42.1. The van der Waals surface area contributed by atoms with Crippen molar-refractivity contribution < 1.29 is 59.1 Å². The van der Waals surface area contributed by atoms with Crippen LogP contribution < -0.4 is 5.73 Å².